The lowest BCUT2D eigenvalue weighted by atomic mass is 9.88. The highest BCUT2D eigenvalue weighted by Crippen LogP contribution is 2.21. The first kappa shape index (κ1) is 18.9. The lowest BCUT2D eigenvalue weighted by molar-refractivity contribution is 0.411. The molecule has 0 radical (unpaired) electrons. The van der Waals surface area contributed by atoms with Crippen molar-refractivity contribution in [1.82, 2.24) is 0 Å². The largest absolute Gasteiger partial charge is 0.143 e. The van der Waals surface area contributed by atoms with E-state index in [1.54, 1.807) is 0 Å². The number of rotatable bonds is 2. The molecule has 17 heavy (non-hydrogen) atoms. The molecule has 0 aliphatic rings. The molecule has 1 heteroatoms. The predicted molar refractivity (Wildman–Crippen MR) is 84.2 cm³/mol. The van der Waals surface area contributed by atoms with Gasteiger partial charge in [0.15, 0.2) is 0 Å². The molecule has 0 atom stereocenters. The van der Waals surface area contributed by atoms with Crippen LogP contribution in [0.15, 0.2) is 29.2 Å². The number of hydrogen-bond acceptors (Lipinski definition) is 1. The van der Waals surface area contributed by atoms with Gasteiger partial charge < -0.3 is 0 Å². The van der Waals surface area contributed by atoms with Crippen molar-refractivity contribution < 1.29 is 0 Å². The summed E-state index contributed by atoms with van der Waals surface area (Å²) < 4.78 is 0. The highest BCUT2D eigenvalue weighted by atomic mass is 32.1. The van der Waals surface area contributed by atoms with Crippen LogP contribution >= 0.6 is 12.6 Å². The van der Waals surface area contributed by atoms with Crippen LogP contribution in [-0.2, 0) is 6.42 Å². The molecule has 0 spiro atoms. The molecule has 0 aliphatic carbocycles. The minimum absolute atomic E-state index is 0. The Bertz CT molecular complexity index is 265. The van der Waals surface area contributed by atoms with Crippen molar-refractivity contribution in [2.75, 3.05) is 0 Å². The number of unbranched alkanes of at least 4 members (excludes halogenated alkanes) is 1. The van der Waals surface area contributed by atoms with E-state index in [0.29, 0.717) is 5.41 Å². The quantitative estimate of drug-likeness (QED) is 0.614. The Morgan fingerprint density at radius 3 is 1.65 bits per heavy atom. The average molecular weight is 254 g/mol. The van der Waals surface area contributed by atoms with Gasteiger partial charge in [0.25, 0.3) is 0 Å². The summed E-state index contributed by atoms with van der Waals surface area (Å²) in [5.41, 5.74) is 1.76. The van der Waals surface area contributed by atoms with Gasteiger partial charge in [0.1, 0.15) is 0 Å². The van der Waals surface area contributed by atoms with Gasteiger partial charge in [-0.15, -0.1) is 12.6 Å². The zero-order chi connectivity index (χ0) is 12.6. The third-order valence-electron chi connectivity index (χ3n) is 2.17. The van der Waals surface area contributed by atoms with E-state index in [4.69, 9.17) is 0 Å². The molecule has 0 amide bonds. The van der Waals surface area contributed by atoms with E-state index < -0.39 is 0 Å². The number of benzene rings is 1. The summed E-state index contributed by atoms with van der Waals surface area (Å²) in [5.74, 6) is 0. The molecular formula is C16H30S. The van der Waals surface area contributed by atoms with E-state index in [-0.39, 0.29) is 7.43 Å². The summed E-state index contributed by atoms with van der Waals surface area (Å²) in [5, 5.41) is 0. The van der Waals surface area contributed by atoms with Gasteiger partial charge in [-0.25, -0.2) is 0 Å². The van der Waals surface area contributed by atoms with Gasteiger partial charge in [-0.1, -0.05) is 67.0 Å². The van der Waals surface area contributed by atoms with Crippen LogP contribution in [0.4, 0.5) is 0 Å². The van der Waals surface area contributed by atoms with E-state index in [1.165, 1.54) is 18.4 Å². The maximum absolute atomic E-state index is 4.24. The summed E-state index contributed by atoms with van der Waals surface area (Å²) in [6, 6.07) is 8.38. The van der Waals surface area contributed by atoms with Gasteiger partial charge in [0.05, 0.1) is 0 Å². The van der Waals surface area contributed by atoms with Gasteiger partial charge in [0, 0.05) is 4.90 Å². The van der Waals surface area contributed by atoms with Crippen LogP contribution in [0.3, 0.4) is 0 Å². The SMILES string of the molecule is C.CC(C)(C)Cc1ccc(S)cc1.CCCC. The summed E-state index contributed by atoms with van der Waals surface area (Å²) in [7, 11) is 0. The van der Waals surface area contributed by atoms with Gasteiger partial charge in [0.2, 0.25) is 0 Å². The molecule has 0 unspecified atom stereocenters. The van der Waals surface area contributed by atoms with E-state index in [2.05, 4.69) is 59.4 Å². The molecule has 1 rings (SSSR count). The molecule has 0 aromatic heterocycles. The Hall–Kier alpha value is -0.430. The minimum atomic E-state index is 0. The third kappa shape index (κ3) is 11.8. The van der Waals surface area contributed by atoms with Gasteiger partial charge in [-0.3, -0.25) is 0 Å². The van der Waals surface area contributed by atoms with Crippen molar-refractivity contribution in [2.24, 2.45) is 5.41 Å². The Morgan fingerprint density at radius 1 is 0.941 bits per heavy atom. The molecule has 0 fully saturated rings. The Labute approximate surface area is 114 Å². The fraction of sp³-hybridized carbons (Fsp3) is 0.625. The number of hydrogen-bond donors (Lipinski definition) is 1. The van der Waals surface area contributed by atoms with Crippen LogP contribution in [0.2, 0.25) is 0 Å². The lowest BCUT2D eigenvalue weighted by Gasteiger charge is -2.17. The number of thiol groups is 1. The van der Waals surface area contributed by atoms with Crippen molar-refractivity contribution in [3.63, 3.8) is 0 Å². The predicted octanol–water partition coefficient (Wildman–Crippen LogP) is 6.01. The van der Waals surface area contributed by atoms with Gasteiger partial charge >= 0.3 is 0 Å². The monoisotopic (exact) mass is 254 g/mol. The standard InChI is InChI=1S/C11H16S.C4H10.CH4/c1-11(2,3)8-9-4-6-10(12)7-5-9;1-3-4-2;/h4-7,12H,8H2,1-3H3;3-4H2,1-2H3;1H4. The fourth-order valence-electron chi connectivity index (χ4n) is 1.23. The van der Waals surface area contributed by atoms with Crippen molar-refractivity contribution in [3.8, 4) is 0 Å². The normalized spacial score (nSPS) is 10.0. The maximum Gasteiger partial charge on any atom is 0.00401 e. The van der Waals surface area contributed by atoms with Crippen LogP contribution in [-0.4, -0.2) is 0 Å². The van der Waals surface area contributed by atoms with Gasteiger partial charge in [-0.2, -0.15) is 0 Å². The third-order valence-corrected chi connectivity index (χ3v) is 2.47. The summed E-state index contributed by atoms with van der Waals surface area (Å²) >= 11 is 4.24. The first-order chi connectivity index (χ1) is 7.39. The summed E-state index contributed by atoms with van der Waals surface area (Å²) in [4.78, 5) is 1.03. The molecular weight excluding hydrogens is 224 g/mol. The van der Waals surface area contributed by atoms with Crippen molar-refractivity contribution >= 4 is 12.6 Å². The molecule has 0 aliphatic heterocycles. The second kappa shape index (κ2) is 9.58. The lowest BCUT2D eigenvalue weighted by Crippen LogP contribution is -2.08. The molecule has 0 N–H and O–H groups in total. The highest BCUT2D eigenvalue weighted by Gasteiger charge is 2.10. The second-order valence-electron chi connectivity index (χ2n) is 5.40. The average Bonchev–Trinajstić information content (AvgIpc) is 2.20. The zero-order valence-corrected chi connectivity index (χ0v) is 12.3. The molecule has 0 nitrogen and oxygen atoms in total. The van der Waals surface area contributed by atoms with Crippen molar-refractivity contribution in [2.45, 2.75) is 66.2 Å². The molecule has 100 valence electrons. The van der Waals surface area contributed by atoms with Crippen LogP contribution in [0.5, 0.6) is 0 Å². The molecule has 0 saturated carbocycles. The second-order valence-corrected chi connectivity index (χ2v) is 5.92. The Balaban J connectivity index is 0. The molecule has 0 saturated heterocycles. The Morgan fingerprint density at radius 2 is 1.35 bits per heavy atom. The first-order valence-electron chi connectivity index (χ1n) is 6.17. The van der Waals surface area contributed by atoms with E-state index >= 15 is 0 Å². The van der Waals surface area contributed by atoms with Crippen molar-refractivity contribution in [3.05, 3.63) is 29.8 Å². The molecule has 1 aromatic carbocycles. The summed E-state index contributed by atoms with van der Waals surface area (Å²) in [6.07, 6.45) is 3.76. The van der Waals surface area contributed by atoms with E-state index in [0.717, 1.165) is 11.3 Å². The topological polar surface area (TPSA) is 0 Å². The van der Waals surface area contributed by atoms with E-state index in [9.17, 15) is 0 Å². The first-order valence-corrected chi connectivity index (χ1v) is 6.61. The highest BCUT2D eigenvalue weighted by molar-refractivity contribution is 7.80. The maximum atomic E-state index is 4.24. The molecule has 1 aromatic rings. The summed E-state index contributed by atoms with van der Waals surface area (Å²) in [6.45, 7) is 11.1. The fourth-order valence-corrected chi connectivity index (χ4v) is 1.38. The van der Waals surface area contributed by atoms with Crippen LogP contribution in [0.1, 0.15) is 60.5 Å². The van der Waals surface area contributed by atoms with Crippen molar-refractivity contribution in [1.29, 1.82) is 0 Å². The molecule has 0 heterocycles. The Kier molecular flexibility index (Phi) is 10.7. The minimum Gasteiger partial charge on any atom is -0.143 e. The van der Waals surface area contributed by atoms with Crippen LogP contribution in [0, 0.1) is 5.41 Å². The zero-order valence-electron chi connectivity index (χ0n) is 11.4. The molecule has 0 bridgehead atoms. The van der Waals surface area contributed by atoms with Crippen LogP contribution < -0.4 is 0 Å². The van der Waals surface area contributed by atoms with E-state index in [1.807, 2.05) is 12.1 Å². The van der Waals surface area contributed by atoms with Gasteiger partial charge in [-0.05, 0) is 29.5 Å². The smallest absolute Gasteiger partial charge is 0.00401 e. The van der Waals surface area contributed by atoms with Crippen LogP contribution in [0.25, 0.3) is 0 Å².